The van der Waals surface area contributed by atoms with Gasteiger partial charge < -0.3 is 20.9 Å². The summed E-state index contributed by atoms with van der Waals surface area (Å²) in [6.07, 6.45) is 0.728. The van der Waals surface area contributed by atoms with Crippen LogP contribution >= 0.6 is 0 Å². The maximum atomic E-state index is 8.21. The van der Waals surface area contributed by atoms with E-state index in [1.165, 1.54) is 0 Å². The van der Waals surface area contributed by atoms with E-state index in [0.29, 0.717) is 11.2 Å². The minimum atomic E-state index is -0.485. The Bertz CT molecular complexity index is 662. The van der Waals surface area contributed by atoms with Gasteiger partial charge in [-0.15, -0.1) is 0 Å². The van der Waals surface area contributed by atoms with Crippen LogP contribution in [0, 0.1) is 0 Å². The van der Waals surface area contributed by atoms with Crippen molar-refractivity contribution in [2.24, 2.45) is 0 Å². The van der Waals surface area contributed by atoms with Crippen molar-refractivity contribution in [2.75, 3.05) is 18.6 Å². The number of rotatable bonds is 3. The third-order valence-electron chi connectivity index (χ3n) is 3.41. The number of methoxy groups -OCH3 is 1. The minimum absolute atomic E-state index is 0.0724. The first-order valence-electron chi connectivity index (χ1n) is 7.00. The molecule has 1 saturated heterocycles. The smallest absolute Gasteiger partial charge is 0.224 e. The van der Waals surface area contributed by atoms with Crippen molar-refractivity contribution in [3.05, 3.63) is 6.33 Å². The number of hydrogen-bond acceptors (Lipinski definition) is 7. The topological polar surface area (TPSA) is 114 Å². The van der Waals surface area contributed by atoms with Crippen LogP contribution in [0.15, 0.2) is 6.33 Å². The van der Waals surface area contributed by atoms with Crippen molar-refractivity contribution >= 4 is 22.9 Å². The average molecular weight is 280 g/mol. The molecule has 4 N–H and O–H groups in total. The number of nitrogens with two attached hydrogens (primary N) is 2. The number of nitrogen functional groups attached to an aromatic ring is 2. The first-order chi connectivity index (χ1) is 10.1. The summed E-state index contributed by atoms with van der Waals surface area (Å²) >= 11 is 0. The highest BCUT2D eigenvalue weighted by molar-refractivity contribution is 5.82. The quantitative estimate of drug-likeness (QED) is 0.850. The van der Waals surface area contributed by atoms with E-state index in [1.54, 1.807) is 18.0 Å². The average Bonchev–Trinajstić information content (AvgIpc) is 2.99. The summed E-state index contributed by atoms with van der Waals surface area (Å²) in [6, 6.07) is 0. The van der Waals surface area contributed by atoms with Gasteiger partial charge in [0.2, 0.25) is 5.95 Å². The van der Waals surface area contributed by atoms with Gasteiger partial charge in [-0.2, -0.15) is 9.97 Å². The van der Waals surface area contributed by atoms with Crippen molar-refractivity contribution in [2.45, 2.75) is 38.2 Å². The molecule has 0 spiro atoms. The van der Waals surface area contributed by atoms with Gasteiger partial charge in [0.05, 0.1) is 12.4 Å². The first kappa shape index (κ1) is 11.9. The number of nitrogens with zero attached hydrogens (tertiary/aromatic N) is 4. The van der Waals surface area contributed by atoms with Gasteiger partial charge in [-0.25, -0.2) is 4.98 Å². The molecule has 0 aromatic carbocycles. The summed E-state index contributed by atoms with van der Waals surface area (Å²) in [6.45, 7) is 1.98. The summed E-state index contributed by atoms with van der Waals surface area (Å²) in [4.78, 5) is 12.3. The highest BCUT2D eigenvalue weighted by atomic mass is 16.6. The van der Waals surface area contributed by atoms with E-state index < -0.39 is 18.7 Å². The molecular weight excluding hydrogens is 260 g/mol. The minimum Gasteiger partial charge on any atom is -0.382 e. The SMILES string of the molecule is [3H][C@H]1C(OC)[C@H](n2cnc3c(N)nc(N)nc32)O[C@@H]1CC. The lowest BCUT2D eigenvalue weighted by molar-refractivity contribution is -0.0480. The summed E-state index contributed by atoms with van der Waals surface area (Å²) in [5, 5.41) is 0. The molecule has 0 radical (unpaired) electrons. The molecule has 8 heteroatoms. The van der Waals surface area contributed by atoms with Crippen LogP contribution in [-0.2, 0) is 9.47 Å². The van der Waals surface area contributed by atoms with Crippen LogP contribution in [0.2, 0.25) is 0 Å². The number of fused-ring (bicyclic) bond motifs is 1. The van der Waals surface area contributed by atoms with Crippen LogP contribution < -0.4 is 11.5 Å². The van der Waals surface area contributed by atoms with Gasteiger partial charge in [0, 0.05) is 14.9 Å². The van der Waals surface area contributed by atoms with Gasteiger partial charge >= 0.3 is 0 Å². The van der Waals surface area contributed by atoms with E-state index in [9.17, 15) is 0 Å². The molecule has 3 heterocycles. The van der Waals surface area contributed by atoms with Crippen LogP contribution in [0.1, 0.15) is 27.3 Å². The molecule has 1 unspecified atom stereocenters. The van der Waals surface area contributed by atoms with E-state index in [2.05, 4.69) is 15.0 Å². The standard InChI is InChI=1S/C12H18N6O2/c1-3-6-4-7(19-2)11(20-6)18-5-15-8-9(13)16-12(14)17-10(8)18/h5-7,11H,3-4H2,1-2H3,(H4,13,14,16,17)/t6-,7?,11-/m1/s1/i4T/t4-,6-,7?,11-. The summed E-state index contributed by atoms with van der Waals surface area (Å²) < 4.78 is 21.3. The second kappa shape index (κ2) is 4.88. The molecule has 0 aliphatic carbocycles. The Labute approximate surface area is 117 Å². The van der Waals surface area contributed by atoms with E-state index in [4.69, 9.17) is 22.3 Å². The molecular formula is C12H18N6O2. The van der Waals surface area contributed by atoms with Crippen molar-refractivity contribution in [1.82, 2.24) is 19.5 Å². The molecule has 108 valence electrons. The molecule has 0 bridgehead atoms. The van der Waals surface area contributed by atoms with E-state index in [-0.39, 0.29) is 17.9 Å². The van der Waals surface area contributed by atoms with Crippen LogP contribution in [0.5, 0.6) is 0 Å². The van der Waals surface area contributed by atoms with Gasteiger partial charge in [0.1, 0.15) is 11.6 Å². The molecule has 4 atom stereocenters. The highest BCUT2D eigenvalue weighted by Crippen LogP contribution is 2.34. The normalized spacial score (nSPS) is 30.8. The second-order valence-corrected chi connectivity index (χ2v) is 4.66. The predicted molar refractivity (Wildman–Crippen MR) is 73.8 cm³/mol. The van der Waals surface area contributed by atoms with Gasteiger partial charge in [0.25, 0.3) is 0 Å². The molecule has 1 fully saturated rings. The molecule has 1 aliphatic rings. The molecule has 1 aliphatic heterocycles. The number of anilines is 2. The molecule has 8 nitrogen and oxygen atoms in total. The van der Waals surface area contributed by atoms with Crippen molar-refractivity contribution in [3.63, 3.8) is 0 Å². The van der Waals surface area contributed by atoms with Crippen molar-refractivity contribution < 1.29 is 10.8 Å². The fourth-order valence-electron chi connectivity index (χ4n) is 2.40. The van der Waals surface area contributed by atoms with Gasteiger partial charge in [-0.05, 0) is 6.42 Å². The monoisotopic (exact) mass is 280 g/mol. The molecule has 0 saturated carbocycles. The molecule has 2 aromatic heterocycles. The Hall–Kier alpha value is -1.93. The second-order valence-electron chi connectivity index (χ2n) is 4.66. The Morgan fingerprint density at radius 2 is 2.35 bits per heavy atom. The molecule has 20 heavy (non-hydrogen) atoms. The Morgan fingerprint density at radius 1 is 1.55 bits per heavy atom. The lowest BCUT2D eigenvalue weighted by Gasteiger charge is -2.19. The van der Waals surface area contributed by atoms with Crippen LogP contribution in [0.4, 0.5) is 11.8 Å². The van der Waals surface area contributed by atoms with Crippen LogP contribution in [-0.4, -0.2) is 38.8 Å². The maximum Gasteiger partial charge on any atom is 0.224 e. The fourth-order valence-corrected chi connectivity index (χ4v) is 2.40. The van der Waals surface area contributed by atoms with Crippen molar-refractivity contribution in [3.8, 4) is 0 Å². The van der Waals surface area contributed by atoms with Crippen molar-refractivity contribution in [1.29, 1.82) is 0 Å². The largest absolute Gasteiger partial charge is 0.382 e. The van der Waals surface area contributed by atoms with Gasteiger partial charge in [-0.3, -0.25) is 4.57 Å². The van der Waals surface area contributed by atoms with Gasteiger partial charge in [0.15, 0.2) is 17.7 Å². The third kappa shape index (κ3) is 1.97. The third-order valence-corrected chi connectivity index (χ3v) is 3.41. The zero-order chi connectivity index (χ0) is 15.1. The Balaban J connectivity index is 2.08. The lowest BCUT2D eigenvalue weighted by Crippen LogP contribution is -2.21. The summed E-state index contributed by atoms with van der Waals surface area (Å²) in [7, 11) is 1.57. The highest BCUT2D eigenvalue weighted by Gasteiger charge is 2.36. The van der Waals surface area contributed by atoms with Crippen LogP contribution in [0.25, 0.3) is 11.2 Å². The van der Waals surface area contributed by atoms with E-state index >= 15 is 0 Å². The van der Waals surface area contributed by atoms with E-state index in [0.717, 1.165) is 6.42 Å². The van der Waals surface area contributed by atoms with Gasteiger partial charge in [-0.1, -0.05) is 6.92 Å². The zero-order valence-electron chi connectivity index (χ0n) is 12.4. The first-order valence-corrected chi connectivity index (χ1v) is 6.42. The predicted octanol–water partition coefficient (Wildman–Crippen LogP) is 0.703. The fraction of sp³-hybridized carbons (Fsp3) is 0.583. The Morgan fingerprint density at radius 3 is 3.05 bits per heavy atom. The van der Waals surface area contributed by atoms with Crippen LogP contribution in [0.3, 0.4) is 0 Å². The molecule has 0 amide bonds. The molecule has 3 rings (SSSR count). The maximum absolute atomic E-state index is 8.21. The summed E-state index contributed by atoms with van der Waals surface area (Å²) in [5.41, 5.74) is 12.4. The number of hydrogen-bond donors (Lipinski definition) is 2. The van der Waals surface area contributed by atoms with E-state index in [1.807, 2.05) is 6.92 Å². The number of ether oxygens (including phenoxy) is 2. The zero-order valence-corrected chi connectivity index (χ0v) is 11.4. The molecule has 2 aromatic rings. The Kier molecular flexibility index (Phi) is 2.89. The lowest BCUT2D eigenvalue weighted by atomic mass is 10.1. The number of aromatic nitrogens is 4. The number of imidazole rings is 1. The summed E-state index contributed by atoms with van der Waals surface area (Å²) in [5.74, 6) is 0.292.